The van der Waals surface area contributed by atoms with Crippen molar-refractivity contribution in [2.45, 2.75) is 47.1 Å². The molecule has 0 aromatic heterocycles. The number of carbonyl (C=O) groups excluding carboxylic acids is 1. The molecule has 0 aromatic rings. The van der Waals surface area contributed by atoms with Gasteiger partial charge in [-0.1, -0.05) is 34.6 Å². The minimum Gasteiger partial charge on any atom is -0.319 e. The van der Waals surface area contributed by atoms with Crippen molar-refractivity contribution in [3.8, 4) is 0 Å². The Kier molecular flexibility index (Phi) is 3.07. The van der Waals surface area contributed by atoms with Gasteiger partial charge >= 0.3 is 0 Å². The Bertz CT molecular complexity index is 175. The first-order valence-corrected chi connectivity index (χ1v) is 4.44. The van der Waals surface area contributed by atoms with E-state index in [0.29, 0.717) is 0 Å². The van der Waals surface area contributed by atoms with Crippen LogP contribution < -0.4 is 5.73 Å². The highest BCUT2D eigenvalue weighted by Gasteiger charge is 2.38. The van der Waals surface area contributed by atoms with E-state index in [-0.39, 0.29) is 17.1 Å². The Hall–Kier alpha value is -0.370. The van der Waals surface area contributed by atoms with Crippen LogP contribution in [0.5, 0.6) is 0 Å². The number of hydrogen-bond acceptors (Lipinski definition) is 2. The van der Waals surface area contributed by atoms with Gasteiger partial charge in [0.05, 0.1) is 5.54 Å². The largest absolute Gasteiger partial charge is 0.319 e. The summed E-state index contributed by atoms with van der Waals surface area (Å²) in [4.78, 5) is 11.8. The van der Waals surface area contributed by atoms with Crippen molar-refractivity contribution in [3.63, 3.8) is 0 Å². The lowest BCUT2D eigenvalue weighted by Crippen LogP contribution is -2.54. The minimum absolute atomic E-state index is 0.130. The van der Waals surface area contributed by atoms with Gasteiger partial charge in [0, 0.05) is 5.41 Å². The Balaban J connectivity index is 4.70. The molecule has 0 unspecified atom stereocenters. The van der Waals surface area contributed by atoms with Gasteiger partial charge in [0.1, 0.15) is 0 Å². The summed E-state index contributed by atoms with van der Waals surface area (Å²) < 4.78 is 0. The molecule has 0 heterocycles. The Morgan fingerprint density at radius 1 is 1.17 bits per heavy atom. The van der Waals surface area contributed by atoms with E-state index in [1.165, 1.54) is 0 Å². The highest BCUT2D eigenvalue weighted by atomic mass is 16.1. The zero-order valence-corrected chi connectivity index (χ0v) is 9.06. The van der Waals surface area contributed by atoms with Crippen molar-refractivity contribution in [2.75, 3.05) is 0 Å². The van der Waals surface area contributed by atoms with Gasteiger partial charge in [-0.05, 0) is 12.8 Å². The van der Waals surface area contributed by atoms with Crippen LogP contribution in [0.15, 0.2) is 0 Å². The summed E-state index contributed by atoms with van der Waals surface area (Å²) in [5.74, 6) is 0.314. The lowest BCUT2D eigenvalue weighted by atomic mass is 9.74. The number of nitrogens with two attached hydrogens (primary N) is 1. The van der Waals surface area contributed by atoms with Crippen LogP contribution in [-0.2, 0) is 4.79 Å². The topological polar surface area (TPSA) is 43.1 Å². The second kappa shape index (κ2) is 3.17. The molecule has 0 aromatic carbocycles. The highest BCUT2D eigenvalue weighted by molar-refractivity contribution is 5.92. The summed E-state index contributed by atoms with van der Waals surface area (Å²) in [5, 5.41) is 0. The molecular formula is C10H21NO. The van der Waals surface area contributed by atoms with Gasteiger partial charge in [0.15, 0.2) is 5.78 Å². The van der Waals surface area contributed by atoms with E-state index < -0.39 is 5.54 Å². The summed E-state index contributed by atoms with van der Waals surface area (Å²) in [5.41, 5.74) is 4.90. The van der Waals surface area contributed by atoms with Crippen LogP contribution in [-0.4, -0.2) is 11.3 Å². The molecule has 0 rings (SSSR count). The normalized spacial score (nSPS) is 17.7. The summed E-state index contributed by atoms with van der Waals surface area (Å²) in [6.45, 7) is 11.5. The van der Waals surface area contributed by atoms with Crippen LogP contribution in [0.4, 0.5) is 0 Å². The maximum Gasteiger partial charge on any atom is 0.157 e. The van der Waals surface area contributed by atoms with Crippen LogP contribution >= 0.6 is 0 Å². The number of carbonyl (C=O) groups is 1. The predicted octanol–water partition coefficient (Wildman–Crippen LogP) is 1.98. The van der Waals surface area contributed by atoms with Gasteiger partial charge < -0.3 is 5.73 Å². The summed E-state index contributed by atoms with van der Waals surface area (Å²) in [7, 11) is 0. The zero-order chi connectivity index (χ0) is 10.2. The smallest absolute Gasteiger partial charge is 0.157 e. The predicted molar refractivity (Wildman–Crippen MR) is 51.9 cm³/mol. The molecule has 12 heavy (non-hydrogen) atoms. The fraction of sp³-hybridized carbons (Fsp3) is 0.900. The van der Waals surface area contributed by atoms with Gasteiger partial charge in [-0.25, -0.2) is 0 Å². The van der Waals surface area contributed by atoms with Gasteiger partial charge in [0.25, 0.3) is 0 Å². The number of hydrogen-bond donors (Lipinski definition) is 1. The molecule has 72 valence electrons. The Morgan fingerprint density at radius 2 is 1.50 bits per heavy atom. The summed E-state index contributed by atoms with van der Waals surface area (Å²) in [6.07, 6.45) is 0. The lowest BCUT2D eigenvalue weighted by molar-refractivity contribution is -0.132. The molecule has 2 N–H and O–H groups in total. The molecule has 0 amide bonds. The molecule has 2 heteroatoms. The van der Waals surface area contributed by atoms with Crippen LogP contribution in [0.3, 0.4) is 0 Å². The molecular weight excluding hydrogens is 150 g/mol. The number of Topliss-reactive ketones (excluding diaryl/α,β-unsaturated/α-hetero) is 1. The first-order chi connectivity index (χ1) is 5.10. The van der Waals surface area contributed by atoms with E-state index in [9.17, 15) is 4.79 Å². The third-order valence-corrected chi connectivity index (χ3v) is 2.37. The molecule has 0 spiro atoms. The van der Waals surface area contributed by atoms with E-state index in [2.05, 4.69) is 0 Å². The van der Waals surface area contributed by atoms with Crippen molar-refractivity contribution < 1.29 is 4.79 Å². The second-order valence-corrected chi connectivity index (χ2v) is 5.02. The SMILES string of the molecule is CC(C)[C@@](C)(N)C(=O)C(C)(C)C. The maximum absolute atomic E-state index is 11.8. The van der Waals surface area contributed by atoms with E-state index in [0.717, 1.165) is 0 Å². The molecule has 0 bridgehead atoms. The first-order valence-electron chi connectivity index (χ1n) is 4.44. The van der Waals surface area contributed by atoms with Crippen molar-refractivity contribution in [3.05, 3.63) is 0 Å². The van der Waals surface area contributed by atoms with Crippen LogP contribution in [0.25, 0.3) is 0 Å². The molecule has 0 radical (unpaired) electrons. The van der Waals surface area contributed by atoms with Gasteiger partial charge in [-0.2, -0.15) is 0 Å². The van der Waals surface area contributed by atoms with Crippen molar-refractivity contribution in [1.29, 1.82) is 0 Å². The fourth-order valence-corrected chi connectivity index (χ4v) is 1.07. The molecule has 0 aliphatic heterocycles. The number of ketones is 1. The van der Waals surface area contributed by atoms with E-state index in [1.807, 2.05) is 41.5 Å². The van der Waals surface area contributed by atoms with Gasteiger partial charge in [0.2, 0.25) is 0 Å². The Morgan fingerprint density at radius 3 is 1.58 bits per heavy atom. The quantitative estimate of drug-likeness (QED) is 0.690. The summed E-state index contributed by atoms with van der Waals surface area (Å²) >= 11 is 0. The van der Waals surface area contributed by atoms with E-state index in [1.54, 1.807) is 0 Å². The molecule has 0 saturated heterocycles. The monoisotopic (exact) mass is 171 g/mol. The first kappa shape index (κ1) is 11.6. The van der Waals surface area contributed by atoms with Crippen LogP contribution in [0.1, 0.15) is 41.5 Å². The van der Waals surface area contributed by atoms with Gasteiger partial charge in [-0.3, -0.25) is 4.79 Å². The third-order valence-electron chi connectivity index (χ3n) is 2.37. The lowest BCUT2D eigenvalue weighted by Gasteiger charge is -2.33. The molecule has 0 aliphatic carbocycles. The van der Waals surface area contributed by atoms with Crippen molar-refractivity contribution >= 4 is 5.78 Å². The summed E-state index contributed by atoms with van der Waals surface area (Å²) in [6, 6.07) is 0. The van der Waals surface area contributed by atoms with Gasteiger partial charge in [-0.15, -0.1) is 0 Å². The zero-order valence-electron chi connectivity index (χ0n) is 9.06. The van der Waals surface area contributed by atoms with Crippen molar-refractivity contribution in [2.24, 2.45) is 17.1 Å². The standard InChI is InChI=1S/C10H21NO/c1-7(2)10(6,11)8(12)9(3,4)5/h7H,11H2,1-6H3/t10-/m1/s1. The Labute approximate surface area is 75.5 Å². The van der Waals surface area contributed by atoms with E-state index >= 15 is 0 Å². The number of rotatable bonds is 2. The average Bonchev–Trinajstić information content (AvgIpc) is 1.83. The minimum atomic E-state index is -0.696. The van der Waals surface area contributed by atoms with Crippen LogP contribution in [0.2, 0.25) is 0 Å². The fourth-order valence-electron chi connectivity index (χ4n) is 1.07. The highest BCUT2D eigenvalue weighted by Crippen LogP contribution is 2.26. The third kappa shape index (κ3) is 2.31. The maximum atomic E-state index is 11.8. The van der Waals surface area contributed by atoms with Crippen LogP contribution in [0, 0.1) is 11.3 Å². The van der Waals surface area contributed by atoms with Crippen molar-refractivity contribution in [1.82, 2.24) is 0 Å². The van der Waals surface area contributed by atoms with E-state index in [4.69, 9.17) is 5.73 Å². The molecule has 0 aliphatic rings. The molecule has 0 saturated carbocycles. The second-order valence-electron chi connectivity index (χ2n) is 5.02. The molecule has 2 nitrogen and oxygen atoms in total. The molecule has 1 atom stereocenters. The molecule has 0 fully saturated rings. The average molecular weight is 171 g/mol.